The number of rotatable bonds is 9. The Morgan fingerprint density at radius 1 is 1.32 bits per heavy atom. The molecule has 2 aliphatic heterocycles. The van der Waals surface area contributed by atoms with Crippen LogP contribution in [0, 0.1) is 0 Å². The Morgan fingerprint density at radius 2 is 2.03 bits per heavy atom. The summed E-state index contributed by atoms with van der Waals surface area (Å²) in [5.74, 6) is 7.55. The van der Waals surface area contributed by atoms with Gasteiger partial charge in [-0.25, -0.2) is 5.84 Å². The summed E-state index contributed by atoms with van der Waals surface area (Å²) in [4.78, 5) is 23.5. The van der Waals surface area contributed by atoms with Crippen molar-refractivity contribution in [2.24, 2.45) is 11.6 Å². The molecular formula is C22H39N9O3. The van der Waals surface area contributed by atoms with E-state index in [4.69, 9.17) is 21.1 Å². The first-order valence-corrected chi connectivity index (χ1v) is 11.8. The summed E-state index contributed by atoms with van der Waals surface area (Å²) in [5.41, 5.74) is 5.97. The summed E-state index contributed by atoms with van der Waals surface area (Å²) >= 11 is 0. The van der Waals surface area contributed by atoms with Crippen LogP contribution in [0.5, 0.6) is 0 Å². The zero-order chi connectivity index (χ0) is 24.6. The van der Waals surface area contributed by atoms with Crippen molar-refractivity contribution >= 4 is 23.6 Å². The molecule has 12 nitrogen and oxygen atoms in total. The summed E-state index contributed by atoms with van der Waals surface area (Å²) in [5, 5.41) is 11.3. The number of piperidine rings is 1. The number of hydrazine groups is 1. The molecule has 0 spiro atoms. The van der Waals surface area contributed by atoms with Crippen molar-refractivity contribution in [1.82, 2.24) is 20.3 Å². The molecule has 34 heavy (non-hydrogen) atoms. The first-order chi connectivity index (χ1) is 16.2. The summed E-state index contributed by atoms with van der Waals surface area (Å²) < 4.78 is 10.8. The highest BCUT2D eigenvalue weighted by Gasteiger charge is 2.19. The summed E-state index contributed by atoms with van der Waals surface area (Å²) in [6.07, 6.45) is 3.58. The van der Waals surface area contributed by atoms with Gasteiger partial charge in [0.25, 0.3) is 0 Å². The third-order valence-electron chi connectivity index (χ3n) is 5.25. The van der Waals surface area contributed by atoms with Gasteiger partial charge in [-0.1, -0.05) is 0 Å². The van der Waals surface area contributed by atoms with E-state index in [1.54, 1.807) is 20.8 Å². The van der Waals surface area contributed by atoms with Crippen LogP contribution in [-0.2, 0) is 14.3 Å². The van der Waals surface area contributed by atoms with Crippen molar-refractivity contribution in [1.29, 1.82) is 0 Å². The van der Waals surface area contributed by atoms with Gasteiger partial charge in [-0.3, -0.25) is 4.79 Å². The van der Waals surface area contributed by atoms with E-state index in [2.05, 4.69) is 30.8 Å². The average molecular weight is 478 g/mol. The average Bonchev–Trinajstić information content (AvgIpc) is 2.77. The number of aromatic nitrogens is 2. The van der Waals surface area contributed by atoms with Gasteiger partial charge in [0, 0.05) is 37.1 Å². The van der Waals surface area contributed by atoms with Gasteiger partial charge in [-0.2, -0.15) is 9.97 Å². The molecule has 2 saturated heterocycles. The molecule has 7 N–H and O–H groups in total. The predicted octanol–water partition coefficient (Wildman–Crippen LogP) is 0.207. The lowest BCUT2D eigenvalue weighted by Gasteiger charge is -2.29. The Bertz CT molecular complexity index is 831. The topological polar surface area (TPSA) is 156 Å². The second-order valence-electron chi connectivity index (χ2n) is 9.52. The highest BCUT2D eigenvalue weighted by atomic mass is 16.6. The van der Waals surface area contributed by atoms with Crippen LogP contribution in [0.4, 0.5) is 17.6 Å². The van der Waals surface area contributed by atoms with Gasteiger partial charge in [0.15, 0.2) is 0 Å². The maximum absolute atomic E-state index is 11.9. The van der Waals surface area contributed by atoms with E-state index >= 15 is 0 Å². The highest BCUT2D eigenvalue weighted by molar-refractivity contribution is 5.72. The number of ether oxygens (including phenoxy) is 2. The van der Waals surface area contributed by atoms with Gasteiger partial charge in [0.05, 0.1) is 19.8 Å². The van der Waals surface area contributed by atoms with E-state index in [1.807, 2.05) is 6.07 Å². The third-order valence-corrected chi connectivity index (χ3v) is 5.25. The summed E-state index contributed by atoms with van der Waals surface area (Å²) in [6, 6.07) is 2.35. The van der Waals surface area contributed by atoms with Crippen molar-refractivity contribution in [3.05, 3.63) is 18.0 Å². The quantitative estimate of drug-likeness (QED) is 0.187. The van der Waals surface area contributed by atoms with Gasteiger partial charge < -0.3 is 41.1 Å². The molecule has 0 saturated carbocycles. The zero-order valence-corrected chi connectivity index (χ0v) is 20.5. The van der Waals surface area contributed by atoms with Crippen LogP contribution in [-0.4, -0.2) is 85.1 Å². The van der Waals surface area contributed by atoms with Gasteiger partial charge in [-0.15, -0.1) is 0 Å². The van der Waals surface area contributed by atoms with Crippen molar-refractivity contribution in [2.45, 2.75) is 45.3 Å². The molecule has 0 amide bonds. The first kappa shape index (κ1) is 25.8. The number of esters is 1. The molecule has 1 aromatic heterocycles. The third kappa shape index (κ3) is 8.84. The second-order valence-corrected chi connectivity index (χ2v) is 9.52. The van der Waals surface area contributed by atoms with E-state index in [9.17, 15) is 4.79 Å². The Kier molecular flexibility index (Phi) is 9.13. The maximum atomic E-state index is 11.9. The van der Waals surface area contributed by atoms with Gasteiger partial charge >= 0.3 is 5.97 Å². The normalized spacial score (nSPS) is 17.9. The molecule has 0 atom stereocenters. The number of morpholine rings is 1. The number of hydrogen-bond acceptors (Lipinski definition) is 12. The Morgan fingerprint density at radius 3 is 2.71 bits per heavy atom. The van der Waals surface area contributed by atoms with Crippen molar-refractivity contribution in [2.75, 3.05) is 68.0 Å². The fourth-order valence-electron chi connectivity index (χ4n) is 3.73. The lowest BCUT2D eigenvalue weighted by atomic mass is 10.1. The fraction of sp³-hybridized carbons (Fsp3) is 0.682. The van der Waals surface area contributed by atoms with Gasteiger partial charge in [0.1, 0.15) is 23.8 Å². The molecule has 0 aromatic carbocycles. The predicted molar refractivity (Wildman–Crippen MR) is 132 cm³/mol. The minimum Gasteiger partial charge on any atom is -0.459 e. The molecule has 0 unspecified atom stereocenters. The Hall–Kier alpha value is -2.83. The number of nitrogens with zero attached hydrogens (tertiary/aromatic N) is 4. The number of hydrogen-bond donors (Lipinski definition) is 5. The number of nitrogens with two attached hydrogens (primary N) is 2. The number of carbonyl (C=O) groups is 1. The minimum atomic E-state index is -0.572. The lowest BCUT2D eigenvalue weighted by Crippen LogP contribution is -2.37. The molecule has 0 aliphatic carbocycles. The van der Waals surface area contributed by atoms with Crippen LogP contribution < -0.4 is 32.4 Å². The van der Waals surface area contributed by atoms with Crippen molar-refractivity contribution in [3.8, 4) is 0 Å². The van der Waals surface area contributed by atoms with E-state index < -0.39 is 11.6 Å². The lowest BCUT2D eigenvalue weighted by molar-refractivity contribution is -0.155. The first-order valence-electron chi connectivity index (χ1n) is 11.8. The molecule has 12 heteroatoms. The largest absolute Gasteiger partial charge is 0.459 e. The minimum absolute atomic E-state index is 0.106. The maximum Gasteiger partial charge on any atom is 0.327 e. The van der Waals surface area contributed by atoms with Gasteiger partial charge in [0.2, 0.25) is 5.95 Å². The van der Waals surface area contributed by atoms with Crippen molar-refractivity contribution in [3.63, 3.8) is 0 Å². The summed E-state index contributed by atoms with van der Waals surface area (Å²) in [6.45, 7) is 10.4. The molecule has 0 radical (unpaired) electrons. The van der Waals surface area contributed by atoms with E-state index in [0.29, 0.717) is 30.9 Å². The molecule has 3 heterocycles. The Labute approximate surface area is 201 Å². The Balaban J connectivity index is 1.63. The highest BCUT2D eigenvalue weighted by Crippen LogP contribution is 2.21. The van der Waals surface area contributed by atoms with Crippen LogP contribution >= 0.6 is 0 Å². The molecule has 1 aromatic rings. The molecule has 0 bridgehead atoms. The van der Waals surface area contributed by atoms with Crippen LogP contribution in [0.25, 0.3) is 0 Å². The molecule has 2 fully saturated rings. The molecular weight excluding hydrogens is 438 g/mol. The van der Waals surface area contributed by atoms with E-state index in [1.165, 1.54) is 11.2 Å². The fourth-order valence-corrected chi connectivity index (χ4v) is 3.73. The van der Waals surface area contributed by atoms with Crippen LogP contribution in [0.1, 0.15) is 33.6 Å². The van der Waals surface area contributed by atoms with Gasteiger partial charge in [-0.05, 0) is 46.7 Å². The van der Waals surface area contributed by atoms with Crippen LogP contribution in [0.2, 0.25) is 0 Å². The second kappa shape index (κ2) is 12.0. The standard InChI is InChI=1S/C22H39N9O3/c1-22(2,3)34-20(32)15-31(24)14-16(23)13-26-21-28-18(27-17-4-6-25-7-5-17)12-19(29-21)30-8-10-33-11-9-30/h12,14,17,25H,4-11,13,15,23-24H2,1-3H3,(H2,26,27,28,29)/b16-14-. The zero-order valence-electron chi connectivity index (χ0n) is 20.5. The smallest absolute Gasteiger partial charge is 0.327 e. The van der Waals surface area contributed by atoms with Crippen molar-refractivity contribution < 1.29 is 14.3 Å². The molecule has 3 rings (SSSR count). The van der Waals surface area contributed by atoms with E-state index in [-0.39, 0.29) is 13.1 Å². The van der Waals surface area contributed by atoms with Crippen LogP contribution in [0.3, 0.4) is 0 Å². The SMILES string of the molecule is CC(C)(C)OC(=O)CN(N)/C=C(\N)CNc1nc(NC2CCNCC2)cc(N2CCOCC2)n1. The van der Waals surface area contributed by atoms with E-state index in [0.717, 1.165) is 50.7 Å². The molecule has 190 valence electrons. The summed E-state index contributed by atoms with van der Waals surface area (Å²) in [7, 11) is 0. The monoisotopic (exact) mass is 477 g/mol. The number of carbonyl (C=O) groups excluding carboxylic acids is 1. The van der Waals surface area contributed by atoms with Crippen LogP contribution in [0.15, 0.2) is 18.0 Å². The number of anilines is 3. The molecule has 2 aliphatic rings. The number of nitrogens with one attached hydrogen (secondary N) is 3.